The Hall–Kier alpha value is -1.62. The first-order valence-electron chi connectivity index (χ1n) is 6.86. The Morgan fingerprint density at radius 3 is 2.75 bits per heavy atom. The third-order valence-corrected chi connectivity index (χ3v) is 3.42. The van der Waals surface area contributed by atoms with Gasteiger partial charge < -0.3 is 9.47 Å². The van der Waals surface area contributed by atoms with Crippen LogP contribution in [0.4, 0.5) is 5.82 Å². The van der Waals surface area contributed by atoms with E-state index in [2.05, 4.69) is 18.8 Å². The van der Waals surface area contributed by atoms with Gasteiger partial charge in [0.1, 0.15) is 0 Å². The van der Waals surface area contributed by atoms with E-state index in [-0.39, 0.29) is 5.91 Å². The van der Waals surface area contributed by atoms with E-state index in [4.69, 9.17) is 9.47 Å². The Morgan fingerprint density at radius 1 is 1.45 bits per heavy atom. The molecule has 0 atom stereocenters. The Bertz CT molecular complexity index is 512. The molecule has 1 aliphatic rings. The quantitative estimate of drug-likeness (QED) is 0.848. The highest BCUT2D eigenvalue weighted by molar-refractivity contribution is 6.01. The van der Waals surface area contributed by atoms with Crippen LogP contribution in [0.25, 0.3) is 0 Å². The summed E-state index contributed by atoms with van der Waals surface area (Å²) in [6.45, 7) is 8.70. The lowest BCUT2D eigenvalue weighted by Crippen LogP contribution is -2.53. The second-order valence-corrected chi connectivity index (χ2v) is 5.81. The van der Waals surface area contributed by atoms with Gasteiger partial charge in [0.2, 0.25) is 0 Å². The summed E-state index contributed by atoms with van der Waals surface area (Å²) in [5.74, 6) is 1.52. The summed E-state index contributed by atoms with van der Waals surface area (Å²) in [5, 5.41) is 0. The first kappa shape index (κ1) is 14.8. The van der Waals surface area contributed by atoms with Crippen molar-refractivity contribution in [3.8, 4) is 5.75 Å². The summed E-state index contributed by atoms with van der Waals surface area (Å²) < 4.78 is 10.9. The Morgan fingerprint density at radius 2 is 2.15 bits per heavy atom. The molecule has 5 heteroatoms. The SMILES string of the molecule is COCCN1C(=O)C(C)(C)Oc2cc(C(C)C)cnc21. The molecule has 0 N–H and O–H groups in total. The van der Waals surface area contributed by atoms with E-state index < -0.39 is 5.60 Å². The molecule has 0 aliphatic carbocycles. The number of amides is 1. The summed E-state index contributed by atoms with van der Waals surface area (Å²) in [7, 11) is 1.62. The number of aromatic nitrogens is 1. The molecule has 0 aromatic carbocycles. The second-order valence-electron chi connectivity index (χ2n) is 5.81. The fourth-order valence-corrected chi connectivity index (χ4v) is 2.18. The minimum atomic E-state index is -0.877. The normalized spacial score (nSPS) is 17.1. The summed E-state index contributed by atoms with van der Waals surface area (Å²) in [6, 6.07) is 1.97. The average Bonchev–Trinajstić information content (AvgIpc) is 2.38. The molecule has 1 aliphatic heterocycles. The third kappa shape index (κ3) is 2.63. The lowest BCUT2D eigenvalue weighted by molar-refractivity contribution is -0.133. The van der Waals surface area contributed by atoms with Gasteiger partial charge in [0.25, 0.3) is 5.91 Å². The van der Waals surface area contributed by atoms with E-state index in [0.717, 1.165) is 5.56 Å². The zero-order valence-electron chi connectivity index (χ0n) is 12.8. The summed E-state index contributed by atoms with van der Waals surface area (Å²) in [6.07, 6.45) is 1.80. The van der Waals surface area contributed by atoms with E-state index in [0.29, 0.717) is 30.6 Å². The molecule has 0 saturated heterocycles. The zero-order chi connectivity index (χ0) is 14.9. The highest BCUT2D eigenvalue weighted by Crippen LogP contribution is 2.37. The molecule has 1 amide bonds. The van der Waals surface area contributed by atoms with Gasteiger partial charge >= 0.3 is 0 Å². The van der Waals surface area contributed by atoms with Gasteiger partial charge in [-0.05, 0) is 31.4 Å². The molecule has 110 valence electrons. The standard InChI is InChI=1S/C15H22N2O3/c1-10(2)11-8-12-13(16-9-11)17(6-7-19-5)14(18)15(3,4)20-12/h8-10H,6-7H2,1-5H3. The molecule has 2 heterocycles. The number of nitrogens with zero attached hydrogens (tertiary/aromatic N) is 2. The van der Waals surface area contributed by atoms with Crippen molar-refractivity contribution in [1.29, 1.82) is 0 Å². The molecule has 20 heavy (non-hydrogen) atoms. The Labute approximate surface area is 119 Å². The number of anilines is 1. The molecule has 2 rings (SSSR count). The highest BCUT2D eigenvalue weighted by Gasteiger charge is 2.41. The summed E-state index contributed by atoms with van der Waals surface area (Å²) >= 11 is 0. The largest absolute Gasteiger partial charge is 0.474 e. The number of rotatable bonds is 4. The van der Waals surface area contributed by atoms with Crippen LogP contribution in [0.5, 0.6) is 5.75 Å². The summed E-state index contributed by atoms with van der Waals surface area (Å²) in [4.78, 5) is 18.5. The maximum Gasteiger partial charge on any atom is 0.271 e. The van der Waals surface area contributed by atoms with Crippen LogP contribution in [-0.4, -0.2) is 36.8 Å². The molecule has 0 fully saturated rings. The van der Waals surface area contributed by atoms with Gasteiger partial charge in [-0.2, -0.15) is 0 Å². The van der Waals surface area contributed by atoms with Crippen molar-refractivity contribution in [2.45, 2.75) is 39.2 Å². The lowest BCUT2D eigenvalue weighted by atomic mass is 10.0. The number of methoxy groups -OCH3 is 1. The molecule has 0 spiro atoms. The molecule has 0 unspecified atom stereocenters. The molecule has 1 aromatic rings. The topological polar surface area (TPSA) is 51.7 Å². The van der Waals surface area contributed by atoms with Crippen molar-refractivity contribution in [1.82, 2.24) is 4.98 Å². The Balaban J connectivity index is 2.43. The third-order valence-electron chi connectivity index (χ3n) is 3.42. The number of hydrogen-bond donors (Lipinski definition) is 0. The van der Waals surface area contributed by atoms with Gasteiger partial charge in [-0.15, -0.1) is 0 Å². The van der Waals surface area contributed by atoms with Crippen LogP contribution in [0.3, 0.4) is 0 Å². The summed E-state index contributed by atoms with van der Waals surface area (Å²) in [5.41, 5.74) is 0.221. The number of fused-ring (bicyclic) bond motifs is 1. The lowest BCUT2D eigenvalue weighted by Gasteiger charge is -2.38. The molecular formula is C15H22N2O3. The molecule has 1 aromatic heterocycles. The smallest absolute Gasteiger partial charge is 0.271 e. The molecule has 0 saturated carbocycles. The molecule has 0 bridgehead atoms. The first-order valence-corrected chi connectivity index (χ1v) is 6.86. The van der Waals surface area contributed by atoms with Crippen LogP contribution < -0.4 is 9.64 Å². The molecular weight excluding hydrogens is 256 g/mol. The van der Waals surface area contributed by atoms with E-state index in [1.54, 1.807) is 32.1 Å². The van der Waals surface area contributed by atoms with E-state index in [1.807, 2.05) is 6.07 Å². The van der Waals surface area contributed by atoms with E-state index in [1.165, 1.54) is 0 Å². The van der Waals surface area contributed by atoms with Gasteiger partial charge in [0, 0.05) is 13.3 Å². The predicted molar refractivity (Wildman–Crippen MR) is 77.3 cm³/mol. The maximum absolute atomic E-state index is 12.4. The number of pyridine rings is 1. The monoisotopic (exact) mass is 278 g/mol. The van der Waals surface area contributed by atoms with E-state index in [9.17, 15) is 4.79 Å². The number of carbonyl (C=O) groups excluding carboxylic acids is 1. The van der Waals surface area contributed by atoms with Crippen molar-refractivity contribution >= 4 is 11.7 Å². The van der Waals surface area contributed by atoms with Crippen LogP contribution in [0.2, 0.25) is 0 Å². The predicted octanol–water partition coefficient (Wildman–Crippen LogP) is 2.36. The van der Waals surface area contributed by atoms with E-state index >= 15 is 0 Å². The minimum absolute atomic E-state index is 0.0909. The van der Waals surface area contributed by atoms with Gasteiger partial charge in [-0.25, -0.2) is 4.98 Å². The fourth-order valence-electron chi connectivity index (χ4n) is 2.18. The van der Waals surface area contributed by atoms with Crippen LogP contribution >= 0.6 is 0 Å². The zero-order valence-corrected chi connectivity index (χ0v) is 12.8. The minimum Gasteiger partial charge on any atom is -0.474 e. The number of hydrogen-bond acceptors (Lipinski definition) is 4. The van der Waals surface area contributed by atoms with Crippen molar-refractivity contribution in [3.63, 3.8) is 0 Å². The first-order chi connectivity index (χ1) is 9.36. The number of carbonyl (C=O) groups is 1. The molecule has 5 nitrogen and oxygen atoms in total. The van der Waals surface area contributed by atoms with Gasteiger partial charge in [-0.3, -0.25) is 9.69 Å². The maximum atomic E-state index is 12.4. The fraction of sp³-hybridized carbons (Fsp3) is 0.600. The highest BCUT2D eigenvalue weighted by atomic mass is 16.5. The van der Waals surface area contributed by atoms with Crippen LogP contribution in [0, 0.1) is 0 Å². The second kappa shape index (κ2) is 5.40. The number of ether oxygens (including phenoxy) is 2. The van der Waals surface area contributed by atoms with Crippen molar-refractivity contribution in [2.75, 3.05) is 25.2 Å². The van der Waals surface area contributed by atoms with Crippen LogP contribution in [0.1, 0.15) is 39.2 Å². The van der Waals surface area contributed by atoms with Gasteiger partial charge in [0.15, 0.2) is 17.2 Å². The van der Waals surface area contributed by atoms with Gasteiger partial charge in [-0.1, -0.05) is 13.8 Å². The van der Waals surface area contributed by atoms with Crippen molar-refractivity contribution in [3.05, 3.63) is 17.8 Å². The van der Waals surface area contributed by atoms with Crippen LogP contribution in [-0.2, 0) is 9.53 Å². The molecule has 0 radical (unpaired) electrons. The van der Waals surface area contributed by atoms with Crippen molar-refractivity contribution < 1.29 is 14.3 Å². The van der Waals surface area contributed by atoms with Crippen LogP contribution in [0.15, 0.2) is 12.3 Å². The average molecular weight is 278 g/mol. The van der Waals surface area contributed by atoms with Crippen molar-refractivity contribution in [2.24, 2.45) is 0 Å². The van der Waals surface area contributed by atoms with Gasteiger partial charge in [0.05, 0.1) is 13.2 Å². The Kier molecular flexibility index (Phi) is 3.99.